The van der Waals surface area contributed by atoms with Crippen LogP contribution in [-0.4, -0.2) is 24.3 Å². The van der Waals surface area contributed by atoms with Crippen molar-refractivity contribution < 1.29 is 23.8 Å². The summed E-state index contributed by atoms with van der Waals surface area (Å²) in [5, 5.41) is 9.07. The molecular formula is C12H13FO4. The van der Waals surface area contributed by atoms with Gasteiger partial charge in [0.05, 0.1) is 0 Å². The van der Waals surface area contributed by atoms with Crippen LogP contribution in [0.2, 0.25) is 0 Å². The third-order valence-electron chi connectivity index (χ3n) is 2.56. The molecule has 0 unspecified atom stereocenters. The van der Waals surface area contributed by atoms with Crippen LogP contribution < -0.4 is 9.47 Å². The predicted molar refractivity (Wildman–Crippen MR) is 58.5 cm³/mol. The Bertz CT molecular complexity index is 462. The van der Waals surface area contributed by atoms with Gasteiger partial charge < -0.3 is 14.6 Å². The molecule has 0 bridgehead atoms. The predicted octanol–water partition coefficient (Wildman–Crippen LogP) is 2.36. The molecule has 5 heteroatoms. The van der Waals surface area contributed by atoms with Crippen LogP contribution in [0, 0.1) is 0 Å². The molecule has 0 amide bonds. The number of carboxylic acids is 1. The smallest absolute Gasteiger partial charge is 0.339 e. The zero-order valence-corrected chi connectivity index (χ0v) is 9.62. The highest BCUT2D eigenvalue weighted by Gasteiger charge is 2.27. The SMILES string of the molecule is CC(C)(F)c1cc2c(c(C(=O)O)c1)OCCO2. The number of halogens is 1. The molecule has 1 N–H and O–H groups in total. The number of hydrogen-bond donors (Lipinski definition) is 1. The van der Waals surface area contributed by atoms with Crippen molar-refractivity contribution in [2.45, 2.75) is 19.5 Å². The maximum atomic E-state index is 13.8. The molecule has 0 saturated heterocycles. The third-order valence-corrected chi connectivity index (χ3v) is 2.56. The van der Waals surface area contributed by atoms with Crippen LogP contribution in [0.5, 0.6) is 11.5 Å². The van der Waals surface area contributed by atoms with E-state index in [4.69, 9.17) is 14.6 Å². The van der Waals surface area contributed by atoms with Gasteiger partial charge in [-0.15, -0.1) is 0 Å². The van der Waals surface area contributed by atoms with Gasteiger partial charge in [0.15, 0.2) is 11.5 Å². The second kappa shape index (κ2) is 3.91. The Labute approximate surface area is 98.0 Å². The molecule has 17 heavy (non-hydrogen) atoms. The van der Waals surface area contributed by atoms with Crippen molar-refractivity contribution in [3.05, 3.63) is 23.3 Å². The summed E-state index contributed by atoms with van der Waals surface area (Å²) in [7, 11) is 0. The van der Waals surface area contributed by atoms with E-state index in [2.05, 4.69) is 0 Å². The lowest BCUT2D eigenvalue weighted by Gasteiger charge is -2.23. The Kier molecular flexibility index (Phi) is 2.69. The Morgan fingerprint density at radius 1 is 1.35 bits per heavy atom. The maximum Gasteiger partial charge on any atom is 0.339 e. The van der Waals surface area contributed by atoms with E-state index in [1.807, 2.05) is 0 Å². The molecule has 1 aliphatic rings. The molecule has 1 aliphatic heterocycles. The van der Waals surface area contributed by atoms with E-state index in [1.54, 1.807) is 0 Å². The Hall–Kier alpha value is -1.78. The number of aromatic carboxylic acids is 1. The fourth-order valence-electron chi connectivity index (χ4n) is 1.66. The summed E-state index contributed by atoms with van der Waals surface area (Å²) in [6.07, 6.45) is 0. The average Bonchev–Trinajstić information content (AvgIpc) is 2.26. The highest BCUT2D eigenvalue weighted by molar-refractivity contribution is 5.92. The van der Waals surface area contributed by atoms with Gasteiger partial charge in [-0.05, 0) is 31.5 Å². The lowest BCUT2D eigenvalue weighted by Crippen LogP contribution is -2.20. The van der Waals surface area contributed by atoms with Gasteiger partial charge in [0, 0.05) is 0 Å². The number of fused-ring (bicyclic) bond motifs is 1. The van der Waals surface area contributed by atoms with Crippen molar-refractivity contribution in [1.82, 2.24) is 0 Å². The summed E-state index contributed by atoms with van der Waals surface area (Å²) in [5.74, 6) is -0.688. The maximum absolute atomic E-state index is 13.8. The highest BCUT2D eigenvalue weighted by Crippen LogP contribution is 2.39. The topological polar surface area (TPSA) is 55.8 Å². The lowest BCUT2D eigenvalue weighted by atomic mass is 9.97. The molecule has 0 fully saturated rings. The van der Waals surface area contributed by atoms with E-state index >= 15 is 0 Å². The first kappa shape index (κ1) is 11.7. The van der Waals surface area contributed by atoms with Gasteiger partial charge >= 0.3 is 5.97 Å². The second-order valence-corrected chi connectivity index (χ2v) is 4.33. The lowest BCUT2D eigenvalue weighted by molar-refractivity contribution is 0.0685. The zero-order valence-electron chi connectivity index (χ0n) is 9.62. The highest BCUT2D eigenvalue weighted by atomic mass is 19.1. The first-order valence-corrected chi connectivity index (χ1v) is 5.26. The van der Waals surface area contributed by atoms with Crippen LogP contribution in [0.4, 0.5) is 4.39 Å². The number of ether oxygens (including phenoxy) is 2. The Balaban J connectivity index is 2.60. The Morgan fingerprint density at radius 3 is 2.59 bits per heavy atom. The summed E-state index contributed by atoms with van der Waals surface area (Å²) < 4.78 is 24.4. The van der Waals surface area contributed by atoms with Crippen molar-refractivity contribution in [1.29, 1.82) is 0 Å². The first-order chi connectivity index (χ1) is 7.89. The van der Waals surface area contributed by atoms with Crippen LogP contribution in [-0.2, 0) is 5.67 Å². The summed E-state index contributed by atoms with van der Waals surface area (Å²) in [5.41, 5.74) is -1.43. The average molecular weight is 240 g/mol. The van der Waals surface area contributed by atoms with E-state index in [-0.39, 0.29) is 22.6 Å². The van der Waals surface area contributed by atoms with Gasteiger partial charge in [-0.1, -0.05) is 0 Å². The number of carboxylic acid groups (broad SMARTS) is 1. The van der Waals surface area contributed by atoms with E-state index in [1.165, 1.54) is 26.0 Å². The van der Waals surface area contributed by atoms with E-state index in [0.717, 1.165) is 0 Å². The van der Waals surface area contributed by atoms with E-state index in [0.29, 0.717) is 13.2 Å². The molecule has 4 nitrogen and oxygen atoms in total. The monoisotopic (exact) mass is 240 g/mol. The molecule has 2 rings (SSSR count). The molecule has 92 valence electrons. The van der Waals surface area contributed by atoms with Gasteiger partial charge in [0.25, 0.3) is 0 Å². The molecule has 0 aromatic heterocycles. The molecule has 0 spiro atoms. The minimum absolute atomic E-state index is 0.0667. The summed E-state index contributed by atoms with van der Waals surface area (Å²) in [4.78, 5) is 11.1. The van der Waals surface area contributed by atoms with E-state index < -0.39 is 11.6 Å². The molecule has 0 aliphatic carbocycles. The van der Waals surface area contributed by atoms with Gasteiger partial charge in [0.2, 0.25) is 0 Å². The third kappa shape index (κ3) is 2.18. The Morgan fingerprint density at radius 2 is 2.00 bits per heavy atom. The molecule has 1 aromatic rings. The first-order valence-electron chi connectivity index (χ1n) is 5.26. The summed E-state index contributed by atoms with van der Waals surface area (Å²) in [6.45, 7) is 3.36. The van der Waals surface area contributed by atoms with Crippen LogP contribution in [0.3, 0.4) is 0 Å². The molecule has 0 radical (unpaired) electrons. The van der Waals surface area contributed by atoms with E-state index in [9.17, 15) is 9.18 Å². The number of rotatable bonds is 2. The summed E-state index contributed by atoms with van der Waals surface area (Å²) >= 11 is 0. The van der Waals surface area contributed by atoms with Crippen molar-refractivity contribution in [2.75, 3.05) is 13.2 Å². The summed E-state index contributed by atoms with van der Waals surface area (Å²) in [6, 6.07) is 2.77. The minimum Gasteiger partial charge on any atom is -0.486 e. The number of benzene rings is 1. The molecule has 0 saturated carbocycles. The van der Waals surface area contributed by atoms with Gasteiger partial charge in [-0.3, -0.25) is 0 Å². The van der Waals surface area contributed by atoms with Crippen molar-refractivity contribution in [3.63, 3.8) is 0 Å². The molecule has 1 aromatic carbocycles. The van der Waals surface area contributed by atoms with Gasteiger partial charge in [-0.2, -0.15) is 0 Å². The zero-order chi connectivity index (χ0) is 12.6. The molecule has 0 atom stereocenters. The van der Waals surface area contributed by atoms with Crippen LogP contribution in [0.25, 0.3) is 0 Å². The van der Waals surface area contributed by atoms with Crippen LogP contribution >= 0.6 is 0 Å². The fraction of sp³-hybridized carbons (Fsp3) is 0.417. The van der Waals surface area contributed by atoms with Crippen molar-refractivity contribution >= 4 is 5.97 Å². The quantitative estimate of drug-likeness (QED) is 0.862. The largest absolute Gasteiger partial charge is 0.486 e. The fourth-order valence-corrected chi connectivity index (χ4v) is 1.66. The van der Waals surface area contributed by atoms with Crippen LogP contribution in [0.15, 0.2) is 12.1 Å². The van der Waals surface area contributed by atoms with Crippen molar-refractivity contribution in [3.8, 4) is 11.5 Å². The van der Waals surface area contributed by atoms with Gasteiger partial charge in [-0.25, -0.2) is 9.18 Å². The minimum atomic E-state index is -1.62. The molecule has 1 heterocycles. The van der Waals surface area contributed by atoms with Gasteiger partial charge in [0.1, 0.15) is 24.4 Å². The molecular weight excluding hydrogens is 227 g/mol. The number of hydrogen-bond acceptors (Lipinski definition) is 3. The second-order valence-electron chi connectivity index (χ2n) is 4.33. The van der Waals surface area contributed by atoms with Crippen molar-refractivity contribution in [2.24, 2.45) is 0 Å². The number of alkyl halides is 1. The van der Waals surface area contributed by atoms with Crippen LogP contribution in [0.1, 0.15) is 29.8 Å². The number of carbonyl (C=O) groups is 1. The normalized spacial score (nSPS) is 14.5. The standard InChI is InChI=1S/C12H13FO4/c1-12(2,13)7-5-8(11(14)15)10-9(6-7)16-3-4-17-10/h5-6H,3-4H2,1-2H3,(H,14,15).